The number of piperidine rings is 1. The second-order valence-corrected chi connectivity index (χ2v) is 7.19. The van der Waals surface area contributed by atoms with Gasteiger partial charge in [-0.2, -0.15) is 0 Å². The highest BCUT2D eigenvalue weighted by atomic mass is 16.3. The Kier molecular flexibility index (Phi) is 3.41. The molecule has 0 saturated carbocycles. The molecule has 1 N–H and O–H groups in total. The quantitative estimate of drug-likeness (QED) is 0.828. The Morgan fingerprint density at radius 3 is 2.25 bits per heavy atom. The van der Waals surface area contributed by atoms with E-state index in [1.165, 1.54) is 4.90 Å². The summed E-state index contributed by atoms with van der Waals surface area (Å²) in [4.78, 5) is 28.8. The van der Waals surface area contributed by atoms with E-state index in [9.17, 15) is 14.7 Å². The Balaban J connectivity index is 1.81. The van der Waals surface area contributed by atoms with Crippen LogP contribution in [0.5, 0.6) is 0 Å². The third-order valence-corrected chi connectivity index (χ3v) is 6.18. The van der Waals surface area contributed by atoms with E-state index in [2.05, 4.69) is 17.9 Å². The Morgan fingerprint density at radius 1 is 1.00 bits per heavy atom. The van der Waals surface area contributed by atoms with E-state index in [4.69, 9.17) is 0 Å². The molecule has 126 valence electrons. The van der Waals surface area contributed by atoms with Gasteiger partial charge in [-0.15, -0.1) is 0 Å². The minimum atomic E-state index is -0.255. The van der Waals surface area contributed by atoms with Crippen LogP contribution >= 0.6 is 0 Å². The van der Waals surface area contributed by atoms with Gasteiger partial charge in [-0.1, -0.05) is 30.3 Å². The first-order chi connectivity index (χ1) is 11.5. The van der Waals surface area contributed by atoms with Crippen LogP contribution in [0.2, 0.25) is 0 Å². The van der Waals surface area contributed by atoms with Crippen LogP contribution in [0.1, 0.15) is 18.1 Å². The van der Waals surface area contributed by atoms with Gasteiger partial charge in [0, 0.05) is 25.0 Å². The lowest BCUT2D eigenvalue weighted by atomic mass is 9.62. The zero-order valence-electron chi connectivity index (χ0n) is 14.1. The number of benzene rings is 1. The predicted octanol–water partition coefficient (Wildman–Crippen LogP) is 1.13. The molecule has 2 amide bonds. The second-order valence-electron chi connectivity index (χ2n) is 7.19. The molecule has 0 spiro atoms. The van der Waals surface area contributed by atoms with E-state index in [-0.39, 0.29) is 48.3 Å². The summed E-state index contributed by atoms with van der Waals surface area (Å²) < 4.78 is 0. The number of hydrogen-bond donors (Lipinski definition) is 1. The average molecular weight is 326 g/mol. The monoisotopic (exact) mass is 326 g/mol. The fraction of sp³-hybridized carbons (Fsp3) is 0.474. The molecule has 3 heterocycles. The van der Waals surface area contributed by atoms with Gasteiger partial charge in [0.05, 0.1) is 18.4 Å². The number of carbonyl (C=O) groups is 2. The Hall–Kier alpha value is -1.98. The van der Waals surface area contributed by atoms with Crippen LogP contribution in [0.3, 0.4) is 0 Å². The van der Waals surface area contributed by atoms with E-state index in [1.807, 2.05) is 31.3 Å². The van der Waals surface area contributed by atoms with Crippen molar-refractivity contribution in [3.8, 4) is 0 Å². The van der Waals surface area contributed by atoms with Crippen molar-refractivity contribution in [1.82, 2.24) is 9.80 Å². The van der Waals surface area contributed by atoms with Crippen molar-refractivity contribution in [3.05, 3.63) is 41.5 Å². The standard InChI is InChI=1S/C19H22N2O3/c1-10-15-13(12-6-4-11(9-22)5-7-12)8-14(20(10)2)16-17(15)19(24)21(3)18(16)23/h4-8,10,14-17,22H,9H2,1-3H3. The molecular weight excluding hydrogens is 304 g/mol. The summed E-state index contributed by atoms with van der Waals surface area (Å²) in [5, 5.41) is 9.23. The van der Waals surface area contributed by atoms with Crippen LogP contribution in [0.15, 0.2) is 30.3 Å². The van der Waals surface area contributed by atoms with Crippen molar-refractivity contribution in [1.29, 1.82) is 0 Å². The van der Waals surface area contributed by atoms with Crippen molar-refractivity contribution in [2.24, 2.45) is 17.8 Å². The smallest absolute Gasteiger partial charge is 0.234 e. The van der Waals surface area contributed by atoms with Crippen LogP contribution in [0.4, 0.5) is 0 Å². The molecule has 5 heteroatoms. The Morgan fingerprint density at radius 2 is 1.62 bits per heavy atom. The first-order valence-corrected chi connectivity index (χ1v) is 8.41. The normalized spacial score (nSPS) is 35.4. The molecule has 5 nitrogen and oxygen atoms in total. The minimum Gasteiger partial charge on any atom is -0.392 e. The van der Waals surface area contributed by atoms with E-state index in [1.54, 1.807) is 7.05 Å². The number of amides is 2. The molecule has 24 heavy (non-hydrogen) atoms. The summed E-state index contributed by atoms with van der Waals surface area (Å²) in [6.07, 6.45) is 2.17. The second kappa shape index (κ2) is 5.26. The summed E-state index contributed by atoms with van der Waals surface area (Å²) >= 11 is 0. The van der Waals surface area contributed by atoms with Crippen LogP contribution in [0.25, 0.3) is 5.57 Å². The van der Waals surface area contributed by atoms with Crippen LogP contribution in [-0.4, -0.2) is 52.9 Å². The van der Waals surface area contributed by atoms with Gasteiger partial charge in [-0.25, -0.2) is 0 Å². The minimum absolute atomic E-state index is 0.0198. The molecule has 5 atom stereocenters. The zero-order chi connectivity index (χ0) is 17.2. The van der Waals surface area contributed by atoms with Crippen molar-refractivity contribution >= 4 is 17.4 Å². The average Bonchev–Trinajstić information content (AvgIpc) is 2.84. The third-order valence-electron chi connectivity index (χ3n) is 6.18. The van der Waals surface area contributed by atoms with Gasteiger partial charge in [-0.05, 0) is 30.7 Å². The first kappa shape index (κ1) is 15.5. The number of aliphatic hydroxyl groups is 1. The number of nitrogens with zero attached hydrogens (tertiary/aromatic N) is 2. The molecule has 2 saturated heterocycles. The highest BCUT2D eigenvalue weighted by molar-refractivity contribution is 6.07. The number of likely N-dealkylation sites (N-methyl/N-ethyl adjacent to an activating group) is 1. The summed E-state index contributed by atoms with van der Waals surface area (Å²) in [5.41, 5.74) is 3.11. The summed E-state index contributed by atoms with van der Waals surface area (Å²) in [7, 11) is 3.64. The van der Waals surface area contributed by atoms with Crippen molar-refractivity contribution < 1.29 is 14.7 Å². The number of carbonyl (C=O) groups excluding carboxylic acids is 2. The summed E-state index contributed by atoms with van der Waals surface area (Å²) in [6, 6.07) is 8.01. The Labute approximate surface area is 141 Å². The highest BCUT2D eigenvalue weighted by Gasteiger charge is 2.61. The number of imide groups is 1. The number of fused-ring (bicyclic) bond motifs is 1. The zero-order valence-corrected chi connectivity index (χ0v) is 14.1. The maximum absolute atomic E-state index is 12.7. The largest absolute Gasteiger partial charge is 0.392 e. The van der Waals surface area contributed by atoms with Crippen LogP contribution < -0.4 is 0 Å². The van der Waals surface area contributed by atoms with Gasteiger partial charge in [0.2, 0.25) is 11.8 Å². The molecule has 2 bridgehead atoms. The molecular formula is C19H22N2O3. The third kappa shape index (κ3) is 1.88. The SMILES string of the molecule is CC1C2C(c3ccc(CO)cc3)=CC(C3C(=O)N(C)C(=O)C23)N1C. The van der Waals surface area contributed by atoms with Crippen LogP contribution in [0, 0.1) is 17.8 Å². The van der Waals surface area contributed by atoms with E-state index < -0.39 is 0 Å². The van der Waals surface area contributed by atoms with Crippen LogP contribution in [-0.2, 0) is 16.2 Å². The first-order valence-electron chi connectivity index (χ1n) is 8.41. The van der Waals surface area contributed by atoms with Gasteiger partial charge in [0.15, 0.2) is 0 Å². The van der Waals surface area contributed by atoms with Crippen molar-refractivity contribution in [2.75, 3.05) is 14.1 Å². The maximum Gasteiger partial charge on any atom is 0.234 e. The number of aliphatic hydroxyl groups excluding tert-OH is 1. The lowest BCUT2D eigenvalue weighted by Crippen LogP contribution is -2.60. The lowest BCUT2D eigenvalue weighted by molar-refractivity contribution is -0.138. The molecule has 1 aromatic rings. The fourth-order valence-corrected chi connectivity index (χ4v) is 4.74. The van der Waals surface area contributed by atoms with Crippen molar-refractivity contribution in [2.45, 2.75) is 25.6 Å². The molecule has 0 radical (unpaired) electrons. The van der Waals surface area contributed by atoms with Crippen molar-refractivity contribution in [3.63, 3.8) is 0 Å². The summed E-state index contributed by atoms with van der Waals surface area (Å²) in [6.45, 7) is 2.16. The van der Waals surface area contributed by atoms with E-state index >= 15 is 0 Å². The van der Waals surface area contributed by atoms with Gasteiger partial charge in [-0.3, -0.25) is 19.4 Å². The van der Waals surface area contributed by atoms with Gasteiger partial charge in [0.1, 0.15) is 0 Å². The molecule has 1 aliphatic carbocycles. The molecule has 1 aromatic carbocycles. The maximum atomic E-state index is 12.7. The number of rotatable bonds is 2. The topological polar surface area (TPSA) is 60.9 Å². The highest BCUT2D eigenvalue weighted by Crippen LogP contribution is 2.52. The van der Waals surface area contributed by atoms with Gasteiger partial charge >= 0.3 is 0 Å². The lowest BCUT2D eigenvalue weighted by Gasteiger charge is -2.52. The van der Waals surface area contributed by atoms with E-state index in [0.29, 0.717) is 0 Å². The molecule has 3 aliphatic heterocycles. The van der Waals surface area contributed by atoms with Gasteiger partial charge < -0.3 is 5.11 Å². The predicted molar refractivity (Wildman–Crippen MR) is 89.6 cm³/mol. The Bertz CT molecular complexity index is 739. The molecule has 5 rings (SSSR count). The molecule has 0 aromatic heterocycles. The molecule has 4 aliphatic rings. The summed E-state index contributed by atoms with van der Waals surface area (Å²) in [5.74, 6) is -0.584. The number of likely N-dealkylation sites (tertiary alicyclic amines) is 1. The molecule has 2 fully saturated rings. The number of hydrogen-bond acceptors (Lipinski definition) is 4. The van der Waals surface area contributed by atoms with Gasteiger partial charge in [0.25, 0.3) is 0 Å². The van der Waals surface area contributed by atoms with E-state index in [0.717, 1.165) is 16.7 Å². The fourth-order valence-electron chi connectivity index (χ4n) is 4.74. The molecule has 5 unspecified atom stereocenters.